The number of nitrogens with one attached hydrogen (secondary N) is 1. The van der Waals surface area contributed by atoms with Crippen LogP contribution in [0.3, 0.4) is 0 Å². The molecule has 96 valence electrons. The largest absolute Gasteiger partial charge is 0.361 e. The lowest BCUT2D eigenvalue weighted by molar-refractivity contribution is -0.134. The van der Waals surface area contributed by atoms with Crippen LogP contribution in [-0.4, -0.2) is 11.8 Å². The number of carbonyl (C=O) groups excluding carboxylic acids is 2. The highest BCUT2D eigenvalue weighted by atomic mass is 16.2. The lowest BCUT2D eigenvalue weighted by Crippen LogP contribution is -2.29. The number of carbonyl (C=O) groups is 2. The highest BCUT2D eigenvalue weighted by Crippen LogP contribution is 2.32. The van der Waals surface area contributed by atoms with Crippen LogP contribution in [0.2, 0.25) is 0 Å². The molecule has 0 saturated heterocycles. The van der Waals surface area contributed by atoms with Crippen molar-refractivity contribution >= 4 is 17.5 Å². The van der Waals surface area contributed by atoms with Crippen LogP contribution in [0.25, 0.3) is 0 Å². The zero-order valence-electron chi connectivity index (χ0n) is 10.3. The zero-order valence-corrected chi connectivity index (χ0v) is 10.3. The van der Waals surface area contributed by atoms with Crippen LogP contribution in [0.1, 0.15) is 43.6 Å². The average Bonchev–Trinajstić information content (AvgIpc) is 2.40. The van der Waals surface area contributed by atoms with Crippen molar-refractivity contribution < 1.29 is 9.59 Å². The summed E-state index contributed by atoms with van der Waals surface area (Å²) in [5.74, 6) is -1.11. The fourth-order valence-electron chi connectivity index (χ4n) is 2.47. The van der Waals surface area contributed by atoms with Crippen molar-refractivity contribution in [1.29, 1.82) is 0 Å². The van der Waals surface area contributed by atoms with Crippen LogP contribution < -0.4 is 11.1 Å². The molecule has 0 atom stereocenters. The third-order valence-corrected chi connectivity index (χ3v) is 3.47. The molecule has 0 spiro atoms. The SMILES string of the molecule is NC(=O)C(=O)Nc1ccc(C2CCCCC2)cc1. The first-order valence-electron chi connectivity index (χ1n) is 6.37. The van der Waals surface area contributed by atoms with Crippen LogP contribution in [0.5, 0.6) is 0 Å². The van der Waals surface area contributed by atoms with E-state index in [0.717, 1.165) is 0 Å². The first-order chi connectivity index (χ1) is 8.66. The van der Waals surface area contributed by atoms with Gasteiger partial charge in [-0.1, -0.05) is 31.4 Å². The molecule has 1 aromatic carbocycles. The number of nitrogens with two attached hydrogens (primary N) is 1. The molecule has 1 aliphatic carbocycles. The van der Waals surface area contributed by atoms with Gasteiger partial charge < -0.3 is 11.1 Å². The smallest absolute Gasteiger partial charge is 0.313 e. The number of anilines is 1. The van der Waals surface area contributed by atoms with Crippen LogP contribution in [-0.2, 0) is 9.59 Å². The summed E-state index contributed by atoms with van der Waals surface area (Å²) in [5.41, 5.74) is 6.80. The Bertz CT molecular complexity index is 434. The average molecular weight is 246 g/mol. The predicted molar refractivity (Wildman–Crippen MR) is 70.1 cm³/mol. The van der Waals surface area contributed by atoms with E-state index in [2.05, 4.69) is 5.32 Å². The molecule has 3 N–H and O–H groups in total. The third-order valence-electron chi connectivity index (χ3n) is 3.47. The van der Waals surface area contributed by atoms with Crippen molar-refractivity contribution in [1.82, 2.24) is 0 Å². The molecule has 0 unspecified atom stereocenters. The van der Waals surface area contributed by atoms with Gasteiger partial charge in [0.2, 0.25) is 0 Å². The Morgan fingerprint density at radius 1 is 1.06 bits per heavy atom. The van der Waals surface area contributed by atoms with Crippen LogP contribution in [0.4, 0.5) is 5.69 Å². The summed E-state index contributed by atoms with van der Waals surface area (Å²) < 4.78 is 0. The molecule has 2 rings (SSSR count). The maximum absolute atomic E-state index is 11.1. The summed E-state index contributed by atoms with van der Waals surface area (Å²) in [6.45, 7) is 0. The molecule has 18 heavy (non-hydrogen) atoms. The zero-order chi connectivity index (χ0) is 13.0. The van der Waals surface area contributed by atoms with Crippen molar-refractivity contribution in [2.24, 2.45) is 5.73 Å². The maximum atomic E-state index is 11.1. The third kappa shape index (κ3) is 3.09. The highest BCUT2D eigenvalue weighted by molar-refractivity contribution is 6.39. The van der Waals surface area contributed by atoms with Crippen LogP contribution in [0.15, 0.2) is 24.3 Å². The Hall–Kier alpha value is -1.84. The summed E-state index contributed by atoms with van der Waals surface area (Å²) in [6, 6.07) is 7.69. The molecule has 0 aromatic heterocycles. The number of benzene rings is 1. The standard InChI is InChI=1S/C14H18N2O2/c15-13(17)14(18)16-12-8-6-11(7-9-12)10-4-2-1-3-5-10/h6-10H,1-5H2,(H2,15,17)(H,16,18). The molecule has 0 heterocycles. The maximum Gasteiger partial charge on any atom is 0.313 e. The number of rotatable bonds is 2. The molecule has 1 aromatic rings. The Morgan fingerprint density at radius 3 is 2.22 bits per heavy atom. The normalized spacial score (nSPS) is 16.2. The van der Waals surface area contributed by atoms with Crippen LogP contribution >= 0.6 is 0 Å². The van der Waals surface area contributed by atoms with Gasteiger partial charge in [0.1, 0.15) is 0 Å². The van der Waals surface area contributed by atoms with E-state index in [9.17, 15) is 9.59 Å². The summed E-state index contributed by atoms with van der Waals surface area (Å²) in [6.07, 6.45) is 6.42. The molecular weight excluding hydrogens is 228 g/mol. The molecule has 2 amide bonds. The molecule has 0 aliphatic heterocycles. The summed E-state index contributed by atoms with van der Waals surface area (Å²) in [7, 11) is 0. The summed E-state index contributed by atoms with van der Waals surface area (Å²) in [4.78, 5) is 21.7. The van der Waals surface area contributed by atoms with Crippen molar-refractivity contribution in [2.45, 2.75) is 38.0 Å². The molecule has 0 bridgehead atoms. The van der Waals surface area contributed by atoms with E-state index in [-0.39, 0.29) is 0 Å². The van der Waals surface area contributed by atoms with E-state index >= 15 is 0 Å². The van der Waals surface area contributed by atoms with E-state index < -0.39 is 11.8 Å². The van der Waals surface area contributed by atoms with Crippen molar-refractivity contribution in [2.75, 3.05) is 5.32 Å². The molecule has 4 heteroatoms. The van der Waals surface area contributed by atoms with Gasteiger partial charge in [0.05, 0.1) is 0 Å². The number of hydrogen-bond donors (Lipinski definition) is 2. The predicted octanol–water partition coefficient (Wildman–Crippen LogP) is 2.16. The second-order valence-corrected chi connectivity index (χ2v) is 4.78. The lowest BCUT2D eigenvalue weighted by atomic mass is 9.84. The molecule has 1 aliphatic rings. The Kier molecular flexibility index (Phi) is 3.97. The van der Waals surface area contributed by atoms with Gasteiger partial charge in [-0.2, -0.15) is 0 Å². The quantitative estimate of drug-likeness (QED) is 0.785. The molecule has 1 saturated carbocycles. The number of hydrogen-bond acceptors (Lipinski definition) is 2. The van der Waals surface area contributed by atoms with Crippen molar-refractivity contribution in [3.8, 4) is 0 Å². The van der Waals surface area contributed by atoms with Gasteiger partial charge in [0, 0.05) is 5.69 Å². The van der Waals surface area contributed by atoms with Crippen LogP contribution in [0, 0.1) is 0 Å². The summed E-state index contributed by atoms with van der Waals surface area (Å²) in [5, 5.41) is 2.46. The van der Waals surface area contributed by atoms with Gasteiger partial charge in [-0.15, -0.1) is 0 Å². The van der Waals surface area contributed by atoms with E-state index in [1.807, 2.05) is 24.3 Å². The Morgan fingerprint density at radius 2 is 1.67 bits per heavy atom. The van der Waals surface area contributed by atoms with Gasteiger partial charge >= 0.3 is 11.8 Å². The van der Waals surface area contributed by atoms with E-state index in [1.165, 1.54) is 37.7 Å². The number of amides is 2. The van der Waals surface area contributed by atoms with Gasteiger partial charge in [0.15, 0.2) is 0 Å². The van der Waals surface area contributed by atoms with Crippen molar-refractivity contribution in [3.63, 3.8) is 0 Å². The van der Waals surface area contributed by atoms with Gasteiger partial charge in [0.25, 0.3) is 0 Å². The molecular formula is C14H18N2O2. The minimum absolute atomic E-state index is 0.610. The fraction of sp³-hybridized carbons (Fsp3) is 0.429. The molecule has 0 radical (unpaired) electrons. The lowest BCUT2D eigenvalue weighted by Gasteiger charge is -2.22. The van der Waals surface area contributed by atoms with Gasteiger partial charge in [-0.05, 0) is 36.5 Å². The Balaban J connectivity index is 2.00. The first kappa shape index (κ1) is 12.6. The highest BCUT2D eigenvalue weighted by Gasteiger charge is 2.15. The Labute approximate surface area is 107 Å². The van der Waals surface area contributed by atoms with E-state index in [4.69, 9.17) is 5.73 Å². The second kappa shape index (κ2) is 5.67. The number of primary amides is 1. The summed E-state index contributed by atoms with van der Waals surface area (Å²) >= 11 is 0. The minimum Gasteiger partial charge on any atom is -0.361 e. The van der Waals surface area contributed by atoms with E-state index in [1.54, 1.807) is 0 Å². The van der Waals surface area contributed by atoms with E-state index in [0.29, 0.717) is 11.6 Å². The van der Waals surface area contributed by atoms with Crippen molar-refractivity contribution in [3.05, 3.63) is 29.8 Å². The minimum atomic E-state index is -0.966. The second-order valence-electron chi connectivity index (χ2n) is 4.78. The monoisotopic (exact) mass is 246 g/mol. The van der Waals surface area contributed by atoms with Gasteiger partial charge in [-0.25, -0.2) is 0 Å². The first-order valence-corrected chi connectivity index (χ1v) is 6.37. The molecule has 4 nitrogen and oxygen atoms in total. The topological polar surface area (TPSA) is 72.2 Å². The molecule has 1 fully saturated rings. The van der Waals surface area contributed by atoms with Gasteiger partial charge in [-0.3, -0.25) is 9.59 Å². The fourth-order valence-corrected chi connectivity index (χ4v) is 2.47.